The third-order valence-electron chi connectivity index (χ3n) is 13.3. The quantitative estimate of drug-likeness (QED) is 0.178. The summed E-state index contributed by atoms with van der Waals surface area (Å²) in [5.41, 5.74) is 12.1. The minimum atomic E-state index is -0.826. The number of amides is 2. The molecule has 13 heteroatoms. The lowest BCUT2D eigenvalue weighted by Gasteiger charge is -2.35. The summed E-state index contributed by atoms with van der Waals surface area (Å²) in [6.07, 6.45) is 8.60. The number of aromatic nitrogens is 3. The Morgan fingerprint density at radius 3 is 2.72 bits per heavy atom. The van der Waals surface area contributed by atoms with E-state index in [0.29, 0.717) is 31.7 Å². The minimum absolute atomic E-state index is 0.0906. The summed E-state index contributed by atoms with van der Waals surface area (Å²) in [6, 6.07) is 5.48. The highest BCUT2D eigenvalue weighted by Gasteiger charge is 2.42. The molecule has 7 heterocycles. The fourth-order valence-corrected chi connectivity index (χ4v) is 10.5. The van der Waals surface area contributed by atoms with Crippen molar-refractivity contribution in [3.05, 3.63) is 57.2 Å². The molecule has 5 aliphatic rings. The van der Waals surface area contributed by atoms with E-state index >= 15 is 0 Å². The molecular formula is C47H57N7O5S. The largest absolute Gasteiger partial charge is 0.464 e. The second-order valence-corrected chi connectivity index (χ2v) is 19.5. The zero-order chi connectivity index (χ0) is 41.9. The van der Waals surface area contributed by atoms with E-state index in [0.717, 1.165) is 89.4 Å². The monoisotopic (exact) mass is 831 g/mol. The first kappa shape index (κ1) is 40.8. The Labute approximate surface area is 356 Å². The molecule has 6 atom stereocenters. The van der Waals surface area contributed by atoms with Gasteiger partial charge in [0.15, 0.2) is 0 Å². The van der Waals surface area contributed by atoms with Crippen LogP contribution in [0.25, 0.3) is 33.4 Å². The number of likely N-dealkylation sites (tertiary alicyclic amines) is 1. The van der Waals surface area contributed by atoms with E-state index in [-0.39, 0.29) is 48.9 Å². The lowest BCUT2D eigenvalue weighted by atomic mass is 9.83. The number of hydrogen-bond donors (Lipinski definition) is 2. The fraction of sp³-hybridized carbons (Fsp3) is 0.553. The Morgan fingerprint density at radius 1 is 1.13 bits per heavy atom. The Balaban J connectivity index is 1.19. The summed E-state index contributed by atoms with van der Waals surface area (Å²) in [5, 5.41) is 8.57. The summed E-state index contributed by atoms with van der Waals surface area (Å²) >= 11 is 1.51. The molecule has 2 saturated heterocycles. The first-order valence-corrected chi connectivity index (χ1v) is 22.7. The van der Waals surface area contributed by atoms with Crippen molar-refractivity contribution in [1.82, 2.24) is 35.2 Å². The van der Waals surface area contributed by atoms with Gasteiger partial charge in [0.1, 0.15) is 12.1 Å². The number of hydrazine groups is 1. The van der Waals surface area contributed by atoms with Crippen LogP contribution in [0.2, 0.25) is 0 Å². The lowest BCUT2D eigenvalue weighted by Crippen LogP contribution is -2.60. The maximum Gasteiger partial charge on any atom is 0.324 e. The molecule has 3 fully saturated rings. The maximum atomic E-state index is 14.2. The van der Waals surface area contributed by atoms with E-state index in [4.69, 9.17) is 19.4 Å². The molecule has 9 rings (SSSR count). The minimum Gasteiger partial charge on any atom is -0.464 e. The van der Waals surface area contributed by atoms with Gasteiger partial charge in [-0.1, -0.05) is 32.6 Å². The number of hydrogen-bond acceptors (Lipinski definition) is 10. The van der Waals surface area contributed by atoms with Gasteiger partial charge < -0.3 is 19.4 Å². The average molecular weight is 832 g/mol. The third kappa shape index (κ3) is 7.99. The molecule has 12 nitrogen and oxygen atoms in total. The second kappa shape index (κ2) is 16.3. The van der Waals surface area contributed by atoms with Crippen LogP contribution in [0.1, 0.15) is 99.7 Å². The number of thiazole rings is 1. The molecule has 6 bridgehead atoms. The van der Waals surface area contributed by atoms with Crippen LogP contribution in [0.4, 0.5) is 0 Å². The van der Waals surface area contributed by atoms with Crippen molar-refractivity contribution in [1.29, 1.82) is 0 Å². The highest BCUT2D eigenvalue weighted by molar-refractivity contribution is 7.10. The highest BCUT2D eigenvalue weighted by atomic mass is 32.1. The van der Waals surface area contributed by atoms with Crippen molar-refractivity contribution < 1.29 is 23.9 Å². The van der Waals surface area contributed by atoms with E-state index in [2.05, 4.69) is 83.4 Å². The standard InChI is InChI=1S/C47H57N7O5S/c1-27-18-33(27)44(55)50-38-22-40-49-39(25-60-40)31-20-30-10-7-16-53-42(30)34(21-31)36(23-47(3,4)26-59-46(57)37-12-9-17-54(51-37)45(38)56)43(53)35-19-29(24-48-41(35)28(2)58-6)13-14-32-11-8-15-52(32)5/h19-21,24-25,27-28,32-33,37-38,51H,7-12,15-18,22-23,26H2,1-6H3,(H,50,55)/t27-,28-,32?,33-,37-,38-/m0/s1. The van der Waals surface area contributed by atoms with Gasteiger partial charge in [0.25, 0.3) is 5.91 Å². The predicted octanol–water partition coefficient (Wildman–Crippen LogP) is 6.23. The molecule has 2 N–H and O–H groups in total. The van der Waals surface area contributed by atoms with Gasteiger partial charge in [-0.3, -0.25) is 29.3 Å². The Bertz CT molecular complexity index is 2410. The Morgan fingerprint density at radius 2 is 1.95 bits per heavy atom. The van der Waals surface area contributed by atoms with Crippen molar-refractivity contribution in [2.75, 3.05) is 33.9 Å². The number of carbonyl (C=O) groups excluding carboxylic acids is 3. The Hall–Kier alpha value is -4.61. The van der Waals surface area contributed by atoms with Crippen LogP contribution >= 0.6 is 11.3 Å². The number of pyridine rings is 1. The lowest BCUT2D eigenvalue weighted by molar-refractivity contribution is -0.155. The number of cyclic esters (lactones) is 1. The van der Waals surface area contributed by atoms with Gasteiger partial charge in [-0.2, -0.15) is 0 Å². The molecule has 4 aromatic rings. The molecule has 2 amide bonds. The number of carbonyl (C=O) groups is 3. The van der Waals surface area contributed by atoms with E-state index in [9.17, 15) is 14.4 Å². The van der Waals surface area contributed by atoms with Crippen molar-refractivity contribution in [2.45, 2.75) is 116 Å². The Kier molecular flexibility index (Phi) is 11.1. The number of rotatable bonds is 5. The normalized spacial score (nSPS) is 25.9. The molecule has 1 saturated carbocycles. The summed E-state index contributed by atoms with van der Waals surface area (Å²) < 4.78 is 14.6. The van der Waals surface area contributed by atoms with Gasteiger partial charge in [0.2, 0.25) is 5.91 Å². The molecule has 1 aliphatic carbocycles. The molecule has 60 heavy (non-hydrogen) atoms. The molecule has 3 aromatic heterocycles. The smallest absolute Gasteiger partial charge is 0.324 e. The molecule has 0 spiro atoms. The van der Waals surface area contributed by atoms with Gasteiger partial charge in [-0.05, 0) is 107 Å². The van der Waals surface area contributed by atoms with Crippen molar-refractivity contribution >= 4 is 40.0 Å². The number of benzene rings is 1. The first-order chi connectivity index (χ1) is 28.9. The van der Waals surface area contributed by atoms with Crippen LogP contribution in [0.3, 0.4) is 0 Å². The van der Waals surface area contributed by atoms with Crippen LogP contribution in [0, 0.1) is 29.1 Å². The van der Waals surface area contributed by atoms with Gasteiger partial charge >= 0.3 is 5.97 Å². The molecule has 1 unspecified atom stereocenters. The first-order valence-electron chi connectivity index (χ1n) is 21.8. The van der Waals surface area contributed by atoms with E-state index < -0.39 is 17.5 Å². The van der Waals surface area contributed by atoms with Crippen molar-refractivity contribution in [2.24, 2.45) is 17.3 Å². The molecule has 0 radical (unpaired) electrons. The summed E-state index contributed by atoms with van der Waals surface area (Å²) in [6.45, 7) is 10.9. The second-order valence-electron chi connectivity index (χ2n) is 18.5. The maximum absolute atomic E-state index is 14.2. The number of nitrogens with one attached hydrogen (secondary N) is 2. The van der Waals surface area contributed by atoms with Crippen LogP contribution in [0.15, 0.2) is 29.8 Å². The molecule has 316 valence electrons. The average Bonchev–Trinajstić information content (AvgIpc) is 3.50. The topological polar surface area (TPSA) is 131 Å². The number of methoxy groups -OCH3 is 1. The van der Waals surface area contributed by atoms with Crippen molar-refractivity contribution in [3.63, 3.8) is 0 Å². The van der Waals surface area contributed by atoms with Crippen LogP contribution in [0.5, 0.6) is 0 Å². The zero-order valence-corrected chi connectivity index (χ0v) is 36.5. The van der Waals surface area contributed by atoms with Crippen molar-refractivity contribution in [3.8, 4) is 34.4 Å². The third-order valence-corrected chi connectivity index (χ3v) is 14.1. The highest BCUT2D eigenvalue weighted by Crippen LogP contribution is 2.45. The summed E-state index contributed by atoms with van der Waals surface area (Å²) in [4.78, 5) is 53.9. The SMILES string of the molecule is CO[C@@H](C)c1ncc(C#CC2CCCN2C)cc1-c1c2c3cc(cc4c3n1CCC4)-c1csc(n1)C[C@H](NC(=O)[C@H]1C[C@@H]1C)C(=O)N1CCC[C@H](N1)C(=O)OCC(C)(C)C2. The van der Waals surface area contributed by atoms with Gasteiger partial charge in [0.05, 0.1) is 46.4 Å². The molecule has 4 aliphatic heterocycles. The zero-order valence-electron chi connectivity index (χ0n) is 35.7. The van der Waals surface area contributed by atoms with Crippen LogP contribution < -0.4 is 10.7 Å². The number of esters is 1. The van der Waals surface area contributed by atoms with Crippen LogP contribution in [-0.4, -0.2) is 94.2 Å². The van der Waals surface area contributed by atoms with Gasteiger partial charge in [0, 0.05) is 71.6 Å². The van der Waals surface area contributed by atoms with Gasteiger partial charge in [-0.15, -0.1) is 11.3 Å². The summed E-state index contributed by atoms with van der Waals surface area (Å²) in [7, 11) is 3.87. The number of nitrogens with zero attached hydrogens (tertiary/aromatic N) is 5. The fourth-order valence-electron chi connectivity index (χ4n) is 9.63. The van der Waals surface area contributed by atoms with E-state index in [1.54, 1.807) is 7.11 Å². The van der Waals surface area contributed by atoms with E-state index in [1.807, 2.05) is 13.1 Å². The summed E-state index contributed by atoms with van der Waals surface area (Å²) in [5.74, 6) is 6.47. The predicted molar refractivity (Wildman–Crippen MR) is 232 cm³/mol. The number of fused-ring (bicyclic) bond motifs is 6. The molecule has 1 aromatic carbocycles. The molecular weight excluding hydrogens is 775 g/mol. The van der Waals surface area contributed by atoms with Gasteiger partial charge in [-0.25, -0.2) is 10.4 Å². The number of aryl methyl sites for hydroxylation is 2. The van der Waals surface area contributed by atoms with Crippen LogP contribution in [-0.2, 0) is 49.7 Å². The van der Waals surface area contributed by atoms with E-state index in [1.165, 1.54) is 33.0 Å². The number of ether oxygens (including phenoxy) is 2.